The van der Waals surface area contributed by atoms with Crippen LogP contribution in [0.2, 0.25) is 0 Å². The Labute approximate surface area is 130 Å². The van der Waals surface area contributed by atoms with E-state index in [4.69, 9.17) is 26.2 Å². The minimum absolute atomic E-state index is 0.419. The molecule has 0 aliphatic carbocycles. The third-order valence-electron chi connectivity index (χ3n) is 3.02. The predicted octanol–water partition coefficient (Wildman–Crippen LogP) is 1.90. The fourth-order valence-corrected chi connectivity index (χ4v) is 2.05. The maximum Gasteiger partial charge on any atom is 0.127 e. The normalized spacial score (nSPS) is 10.0. The summed E-state index contributed by atoms with van der Waals surface area (Å²) in [4.78, 5) is 0. The number of hydrogen-bond donors (Lipinski definition) is 2. The Morgan fingerprint density at radius 3 is 2.45 bits per heavy atom. The first-order chi connectivity index (χ1) is 10.8. The van der Waals surface area contributed by atoms with Crippen molar-refractivity contribution in [2.75, 3.05) is 26.3 Å². The number of rotatable bonds is 7. The Bertz CT molecular complexity index is 665. The van der Waals surface area contributed by atoms with Crippen LogP contribution in [0, 0.1) is 11.3 Å². The zero-order valence-corrected chi connectivity index (χ0v) is 12.3. The zero-order valence-electron chi connectivity index (χ0n) is 12.3. The monoisotopic (exact) mass is 297 g/mol. The Kier molecular flexibility index (Phi) is 5.78. The Morgan fingerprint density at radius 2 is 1.73 bits per heavy atom. The van der Waals surface area contributed by atoms with E-state index in [1.54, 1.807) is 18.2 Å². The van der Waals surface area contributed by atoms with E-state index in [2.05, 4.69) is 6.07 Å². The lowest BCUT2D eigenvalue weighted by atomic mass is 10.0. The van der Waals surface area contributed by atoms with Crippen LogP contribution in [-0.4, -0.2) is 26.3 Å². The van der Waals surface area contributed by atoms with Crippen LogP contribution in [-0.2, 0) is 0 Å². The molecule has 0 aliphatic heterocycles. The molecule has 0 unspecified atom stereocenters. The molecule has 0 saturated carbocycles. The molecular formula is C17H19N3O2. The zero-order chi connectivity index (χ0) is 15.8. The van der Waals surface area contributed by atoms with Gasteiger partial charge in [-0.05, 0) is 35.9 Å². The first-order valence-corrected chi connectivity index (χ1v) is 7.09. The minimum atomic E-state index is 0.419. The minimum Gasteiger partial charge on any atom is -0.492 e. The third kappa shape index (κ3) is 3.98. The van der Waals surface area contributed by atoms with E-state index < -0.39 is 0 Å². The Morgan fingerprint density at radius 1 is 0.955 bits per heavy atom. The quantitative estimate of drug-likeness (QED) is 0.814. The molecule has 0 fully saturated rings. The van der Waals surface area contributed by atoms with Crippen LogP contribution in [0.25, 0.3) is 11.1 Å². The van der Waals surface area contributed by atoms with Gasteiger partial charge in [-0.2, -0.15) is 5.26 Å². The van der Waals surface area contributed by atoms with Gasteiger partial charge in [-0.1, -0.05) is 12.1 Å². The number of benzene rings is 2. The van der Waals surface area contributed by atoms with Crippen LogP contribution in [0.3, 0.4) is 0 Å². The molecule has 2 aromatic carbocycles. The summed E-state index contributed by atoms with van der Waals surface area (Å²) >= 11 is 0. The standard InChI is InChI=1S/C17H19N3O2/c18-6-8-21-15-3-1-2-14(11-15)16-10-13(12-20)4-5-17(16)22-9-7-19/h1-5,10-11H,6-9,18-19H2. The van der Waals surface area contributed by atoms with Crippen LogP contribution in [0.1, 0.15) is 5.56 Å². The van der Waals surface area contributed by atoms with E-state index >= 15 is 0 Å². The maximum absolute atomic E-state index is 9.10. The molecule has 0 heterocycles. The maximum atomic E-state index is 9.10. The van der Waals surface area contributed by atoms with Gasteiger partial charge in [-0.25, -0.2) is 0 Å². The summed E-state index contributed by atoms with van der Waals surface area (Å²) in [5, 5.41) is 9.10. The molecule has 4 N–H and O–H groups in total. The average molecular weight is 297 g/mol. The molecule has 0 atom stereocenters. The summed E-state index contributed by atoms with van der Waals surface area (Å²) in [6.07, 6.45) is 0. The topological polar surface area (TPSA) is 94.3 Å². The molecule has 0 amide bonds. The Hall–Kier alpha value is -2.55. The highest BCUT2D eigenvalue weighted by Crippen LogP contribution is 2.33. The SMILES string of the molecule is N#Cc1ccc(OCCN)c(-c2cccc(OCCN)c2)c1. The fraction of sp³-hybridized carbons (Fsp3) is 0.235. The molecule has 22 heavy (non-hydrogen) atoms. The van der Waals surface area contributed by atoms with Gasteiger partial charge >= 0.3 is 0 Å². The van der Waals surface area contributed by atoms with Gasteiger partial charge in [0.2, 0.25) is 0 Å². The first kappa shape index (κ1) is 15.8. The van der Waals surface area contributed by atoms with Gasteiger partial charge in [-0.3, -0.25) is 0 Å². The lowest BCUT2D eigenvalue weighted by Gasteiger charge is -2.13. The summed E-state index contributed by atoms with van der Waals surface area (Å²) in [5.74, 6) is 1.43. The molecule has 5 heteroatoms. The average Bonchev–Trinajstić information content (AvgIpc) is 2.58. The number of nitriles is 1. The number of ether oxygens (including phenoxy) is 2. The summed E-state index contributed by atoms with van der Waals surface area (Å²) in [6.45, 7) is 1.76. The summed E-state index contributed by atoms with van der Waals surface area (Å²) in [5.41, 5.74) is 13.3. The molecule has 0 radical (unpaired) electrons. The fourth-order valence-electron chi connectivity index (χ4n) is 2.05. The van der Waals surface area contributed by atoms with Crippen molar-refractivity contribution in [3.05, 3.63) is 48.0 Å². The highest BCUT2D eigenvalue weighted by Gasteiger charge is 2.09. The largest absolute Gasteiger partial charge is 0.492 e. The van der Waals surface area contributed by atoms with Gasteiger partial charge in [0.25, 0.3) is 0 Å². The van der Waals surface area contributed by atoms with Crippen LogP contribution in [0.5, 0.6) is 11.5 Å². The predicted molar refractivity (Wildman–Crippen MR) is 85.7 cm³/mol. The van der Waals surface area contributed by atoms with Crippen LogP contribution < -0.4 is 20.9 Å². The van der Waals surface area contributed by atoms with Crippen LogP contribution in [0.15, 0.2) is 42.5 Å². The van der Waals surface area contributed by atoms with E-state index in [9.17, 15) is 0 Å². The number of hydrogen-bond acceptors (Lipinski definition) is 5. The van der Waals surface area contributed by atoms with E-state index in [1.807, 2.05) is 24.3 Å². The van der Waals surface area contributed by atoms with Gasteiger partial charge in [0, 0.05) is 18.7 Å². The molecular weight excluding hydrogens is 278 g/mol. The molecule has 0 saturated heterocycles. The van der Waals surface area contributed by atoms with Crippen LogP contribution in [0.4, 0.5) is 0 Å². The molecule has 2 rings (SSSR count). The van der Waals surface area contributed by atoms with E-state index in [-0.39, 0.29) is 0 Å². The van der Waals surface area contributed by atoms with Crippen molar-refractivity contribution in [2.24, 2.45) is 11.5 Å². The summed E-state index contributed by atoms with van der Waals surface area (Å²) < 4.78 is 11.2. The van der Waals surface area contributed by atoms with E-state index in [0.717, 1.165) is 16.9 Å². The molecule has 0 spiro atoms. The summed E-state index contributed by atoms with van der Waals surface area (Å²) in [7, 11) is 0. The second kappa shape index (κ2) is 8.03. The van der Waals surface area contributed by atoms with Crippen molar-refractivity contribution < 1.29 is 9.47 Å². The summed E-state index contributed by atoms with van der Waals surface area (Å²) in [6, 6.07) is 15.1. The highest BCUT2D eigenvalue weighted by atomic mass is 16.5. The smallest absolute Gasteiger partial charge is 0.127 e. The van der Waals surface area contributed by atoms with Gasteiger partial charge in [0.05, 0.1) is 11.6 Å². The van der Waals surface area contributed by atoms with Crippen molar-refractivity contribution in [2.45, 2.75) is 0 Å². The van der Waals surface area contributed by atoms with E-state index in [0.29, 0.717) is 37.6 Å². The number of nitrogens with two attached hydrogens (primary N) is 2. The highest BCUT2D eigenvalue weighted by molar-refractivity contribution is 5.73. The third-order valence-corrected chi connectivity index (χ3v) is 3.02. The van der Waals surface area contributed by atoms with Gasteiger partial charge in [0.1, 0.15) is 24.7 Å². The lowest BCUT2D eigenvalue weighted by Crippen LogP contribution is -2.11. The lowest BCUT2D eigenvalue weighted by molar-refractivity contribution is 0.327. The van der Waals surface area contributed by atoms with Gasteiger partial charge in [0.15, 0.2) is 0 Å². The second-order valence-corrected chi connectivity index (χ2v) is 4.62. The van der Waals surface area contributed by atoms with Gasteiger partial charge in [-0.15, -0.1) is 0 Å². The number of nitrogens with zero attached hydrogens (tertiary/aromatic N) is 1. The van der Waals surface area contributed by atoms with Crippen LogP contribution >= 0.6 is 0 Å². The molecule has 2 aromatic rings. The van der Waals surface area contributed by atoms with Crippen molar-refractivity contribution in [1.82, 2.24) is 0 Å². The van der Waals surface area contributed by atoms with Crippen molar-refractivity contribution in [1.29, 1.82) is 5.26 Å². The molecule has 0 aliphatic rings. The van der Waals surface area contributed by atoms with Crippen molar-refractivity contribution >= 4 is 0 Å². The Balaban J connectivity index is 2.38. The second-order valence-electron chi connectivity index (χ2n) is 4.62. The molecule has 0 aromatic heterocycles. The molecule has 0 bridgehead atoms. The van der Waals surface area contributed by atoms with Crippen molar-refractivity contribution in [3.8, 4) is 28.7 Å². The first-order valence-electron chi connectivity index (χ1n) is 7.09. The van der Waals surface area contributed by atoms with E-state index in [1.165, 1.54) is 0 Å². The van der Waals surface area contributed by atoms with Gasteiger partial charge < -0.3 is 20.9 Å². The molecule has 114 valence electrons. The molecule has 5 nitrogen and oxygen atoms in total. The van der Waals surface area contributed by atoms with Crippen molar-refractivity contribution in [3.63, 3.8) is 0 Å².